The van der Waals surface area contributed by atoms with Crippen molar-refractivity contribution in [2.45, 2.75) is 38.9 Å². The molecule has 0 aromatic heterocycles. The second kappa shape index (κ2) is 9.49. The molecule has 0 saturated carbocycles. The minimum Gasteiger partial charge on any atom is -0.381 e. The normalized spacial score (nSPS) is 13.8. The molecule has 0 aromatic carbocycles. The van der Waals surface area contributed by atoms with Gasteiger partial charge in [-0.2, -0.15) is 12.6 Å². The van der Waals surface area contributed by atoms with Gasteiger partial charge < -0.3 is 9.64 Å². The smallest absolute Gasteiger partial charge is 0.0478 e. The predicted octanol–water partition coefficient (Wildman–Crippen LogP) is 2.69. The first-order valence-corrected chi connectivity index (χ1v) is 6.48. The molecule has 0 N–H and O–H groups in total. The summed E-state index contributed by atoms with van der Waals surface area (Å²) in [5, 5.41) is 0.455. The fourth-order valence-electron chi connectivity index (χ4n) is 1.40. The minimum absolute atomic E-state index is 0.455. The Labute approximate surface area is 101 Å². The molecule has 0 rings (SSSR count). The molecular weight excluding hydrogens is 206 g/mol. The van der Waals surface area contributed by atoms with E-state index in [0.29, 0.717) is 5.25 Å². The second-order valence-electron chi connectivity index (χ2n) is 4.76. The van der Waals surface area contributed by atoms with E-state index in [9.17, 15) is 0 Å². The number of hydrogen-bond acceptors (Lipinski definition) is 3. The number of thiol groups is 1. The van der Waals surface area contributed by atoms with Crippen LogP contribution in [-0.4, -0.2) is 43.5 Å². The van der Waals surface area contributed by atoms with E-state index in [1.165, 1.54) is 6.42 Å². The summed E-state index contributed by atoms with van der Waals surface area (Å²) in [6, 6.07) is 0. The Morgan fingerprint density at radius 3 is 2.40 bits per heavy atom. The minimum atomic E-state index is 0.455. The van der Waals surface area contributed by atoms with Crippen LogP contribution in [-0.2, 0) is 4.74 Å². The quantitative estimate of drug-likeness (QED) is 0.485. The first kappa shape index (κ1) is 15.3. The molecule has 0 radical (unpaired) electrons. The summed E-state index contributed by atoms with van der Waals surface area (Å²) in [7, 11) is 2.14. The lowest BCUT2D eigenvalue weighted by molar-refractivity contribution is 0.114. The Kier molecular flexibility index (Phi) is 9.66. The van der Waals surface area contributed by atoms with E-state index in [0.717, 1.165) is 38.6 Å². The number of rotatable bonds is 9. The first-order chi connectivity index (χ1) is 7.02. The highest BCUT2D eigenvalue weighted by molar-refractivity contribution is 7.80. The van der Waals surface area contributed by atoms with Crippen molar-refractivity contribution in [3.05, 3.63) is 0 Å². The van der Waals surface area contributed by atoms with Gasteiger partial charge in [0, 0.05) is 31.6 Å². The Morgan fingerprint density at radius 1 is 1.20 bits per heavy atom. The summed E-state index contributed by atoms with van der Waals surface area (Å²) < 4.78 is 5.55. The van der Waals surface area contributed by atoms with Gasteiger partial charge in [0.15, 0.2) is 0 Å². The highest BCUT2D eigenvalue weighted by Crippen LogP contribution is 2.00. The molecule has 15 heavy (non-hydrogen) atoms. The maximum absolute atomic E-state index is 5.55. The van der Waals surface area contributed by atoms with Crippen LogP contribution in [0.25, 0.3) is 0 Å². The van der Waals surface area contributed by atoms with Crippen LogP contribution in [0.5, 0.6) is 0 Å². The van der Waals surface area contributed by atoms with Gasteiger partial charge in [-0.15, -0.1) is 0 Å². The van der Waals surface area contributed by atoms with Crippen molar-refractivity contribution < 1.29 is 4.74 Å². The molecule has 3 heteroatoms. The summed E-state index contributed by atoms with van der Waals surface area (Å²) in [5.74, 6) is 0.748. The number of hydrogen-bond donors (Lipinski definition) is 1. The lowest BCUT2D eigenvalue weighted by Gasteiger charge is -2.18. The predicted molar refractivity (Wildman–Crippen MR) is 70.8 cm³/mol. The van der Waals surface area contributed by atoms with Crippen LogP contribution in [0.15, 0.2) is 0 Å². The maximum atomic E-state index is 5.55. The summed E-state index contributed by atoms with van der Waals surface area (Å²) in [6.07, 6.45) is 2.29. The fraction of sp³-hybridized carbons (Fsp3) is 1.00. The fourth-order valence-corrected chi connectivity index (χ4v) is 1.68. The van der Waals surface area contributed by atoms with Crippen molar-refractivity contribution in [1.82, 2.24) is 4.90 Å². The van der Waals surface area contributed by atoms with Gasteiger partial charge in [0.25, 0.3) is 0 Å². The Morgan fingerprint density at radius 2 is 1.87 bits per heavy atom. The van der Waals surface area contributed by atoms with Crippen molar-refractivity contribution in [3.63, 3.8) is 0 Å². The summed E-state index contributed by atoms with van der Waals surface area (Å²) in [5.41, 5.74) is 0. The monoisotopic (exact) mass is 233 g/mol. The van der Waals surface area contributed by atoms with Crippen LogP contribution in [0, 0.1) is 5.92 Å². The van der Waals surface area contributed by atoms with Gasteiger partial charge in [0.1, 0.15) is 0 Å². The van der Waals surface area contributed by atoms with Crippen LogP contribution < -0.4 is 0 Å². The highest BCUT2D eigenvalue weighted by Gasteiger charge is 2.01. The Bertz CT molecular complexity index is 140. The molecular formula is C12H27NOS. The summed E-state index contributed by atoms with van der Waals surface area (Å²) in [4.78, 5) is 2.31. The second-order valence-corrected chi connectivity index (χ2v) is 5.64. The average molecular weight is 233 g/mol. The van der Waals surface area contributed by atoms with Gasteiger partial charge in [0.05, 0.1) is 0 Å². The molecule has 2 nitrogen and oxygen atoms in total. The zero-order chi connectivity index (χ0) is 11.7. The number of ether oxygens (including phenoxy) is 1. The van der Waals surface area contributed by atoms with Gasteiger partial charge in [-0.3, -0.25) is 0 Å². The molecule has 0 aromatic rings. The van der Waals surface area contributed by atoms with Crippen LogP contribution in [0.3, 0.4) is 0 Å². The molecule has 0 amide bonds. The van der Waals surface area contributed by atoms with Crippen molar-refractivity contribution in [2.75, 3.05) is 33.4 Å². The molecule has 0 heterocycles. The van der Waals surface area contributed by atoms with Crippen molar-refractivity contribution >= 4 is 12.6 Å². The van der Waals surface area contributed by atoms with Crippen LogP contribution >= 0.6 is 12.6 Å². The first-order valence-electron chi connectivity index (χ1n) is 5.96. The van der Waals surface area contributed by atoms with E-state index in [1.54, 1.807) is 0 Å². The molecule has 0 spiro atoms. The van der Waals surface area contributed by atoms with E-state index in [4.69, 9.17) is 4.74 Å². The third kappa shape index (κ3) is 12.2. The van der Waals surface area contributed by atoms with Gasteiger partial charge in [0.2, 0.25) is 0 Å². The molecule has 0 aliphatic heterocycles. The molecule has 1 atom stereocenters. The molecule has 0 saturated heterocycles. The van der Waals surface area contributed by atoms with Gasteiger partial charge in [-0.1, -0.05) is 20.8 Å². The van der Waals surface area contributed by atoms with Crippen LogP contribution in [0.4, 0.5) is 0 Å². The van der Waals surface area contributed by atoms with Crippen LogP contribution in [0.2, 0.25) is 0 Å². The third-order valence-electron chi connectivity index (χ3n) is 2.24. The molecule has 0 fully saturated rings. The average Bonchev–Trinajstić information content (AvgIpc) is 2.09. The van der Waals surface area contributed by atoms with Crippen molar-refractivity contribution in [3.8, 4) is 0 Å². The van der Waals surface area contributed by atoms with E-state index in [-0.39, 0.29) is 0 Å². The summed E-state index contributed by atoms with van der Waals surface area (Å²) in [6.45, 7) is 10.5. The number of nitrogens with zero attached hydrogens (tertiary/aromatic N) is 1. The lowest BCUT2D eigenvalue weighted by atomic mass is 10.1. The zero-order valence-corrected chi connectivity index (χ0v) is 11.6. The van der Waals surface area contributed by atoms with Crippen molar-refractivity contribution in [2.24, 2.45) is 5.92 Å². The zero-order valence-electron chi connectivity index (χ0n) is 10.7. The van der Waals surface area contributed by atoms with Gasteiger partial charge in [-0.25, -0.2) is 0 Å². The van der Waals surface area contributed by atoms with Gasteiger partial charge >= 0.3 is 0 Å². The molecule has 0 bridgehead atoms. The highest BCUT2D eigenvalue weighted by atomic mass is 32.1. The van der Waals surface area contributed by atoms with Crippen molar-refractivity contribution in [1.29, 1.82) is 0 Å². The molecule has 1 unspecified atom stereocenters. The Hall–Kier alpha value is 0.270. The lowest BCUT2D eigenvalue weighted by Crippen LogP contribution is -2.26. The molecule has 92 valence electrons. The van der Waals surface area contributed by atoms with Crippen LogP contribution in [0.1, 0.15) is 33.6 Å². The topological polar surface area (TPSA) is 12.5 Å². The van der Waals surface area contributed by atoms with E-state index in [2.05, 4.69) is 45.3 Å². The third-order valence-corrected chi connectivity index (χ3v) is 2.41. The molecule has 0 aliphatic carbocycles. The SMILES string of the molecule is CC(C)CCOCCCN(C)CC(C)S. The van der Waals surface area contributed by atoms with E-state index in [1.807, 2.05) is 0 Å². The van der Waals surface area contributed by atoms with E-state index >= 15 is 0 Å². The Balaban J connectivity index is 3.16. The largest absolute Gasteiger partial charge is 0.381 e. The van der Waals surface area contributed by atoms with E-state index < -0.39 is 0 Å². The van der Waals surface area contributed by atoms with Gasteiger partial charge in [-0.05, 0) is 25.8 Å². The summed E-state index contributed by atoms with van der Waals surface area (Å²) >= 11 is 4.37. The standard InChI is InChI=1S/C12H27NOS/c1-11(2)6-9-14-8-5-7-13(4)10-12(3)15/h11-12,15H,5-10H2,1-4H3. The molecule has 0 aliphatic rings. The maximum Gasteiger partial charge on any atom is 0.0478 e.